The Balaban J connectivity index is 1.43. The second-order valence-corrected chi connectivity index (χ2v) is 7.33. The molecule has 4 rings (SSSR count). The molecular weight excluding hydrogens is 408 g/mol. The Morgan fingerprint density at radius 3 is 2.09 bits per heavy atom. The van der Waals surface area contributed by atoms with Gasteiger partial charge in [0.25, 0.3) is 5.91 Å². The summed E-state index contributed by atoms with van der Waals surface area (Å²) in [7, 11) is 4.75. The fourth-order valence-electron chi connectivity index (χ4n) is 3.79. The van der Waals surface area contributed by atoms with Gasteiger partial charge >= 0.3 is 0 Å². The van der Waals surface area contributed by atoms with E-state index in [9.17, 15) is 4.79 Å². The summed E-state index contributed by atoms with van der Waals surface area (Å²) < 4.78 is 16.1. The molecule has 1 fully saturated rings. The summed E-state index contributed by atoms with van der Waals surface area (Å²) in [5.74, 6) is 2.49. The SMILES string of the molecule is COc1cccc(-c2ccc(N3CCN(C(=O)c4c(OC)cccc4OC)CC3)nn2)c1. The molecule has 2 aromatic carbocycles. The van der Waals surface area contributed by atoms with Crippen molar-refractivity contribution in [2.45, 2.75) is 0 Å². The standard InChI is InChI=1S/C24H26N4O4/c1-30-18-7-4-6-17(16-18)19-10-11-22(26-25-19)27-12-14-28(15-13-27)24(29)23-20(31-2)8-5-9-21(23)32-3/h4-11,16H,12-15H2,1-3H3. The van der Waals surface area contributed by atoms with Crippen LogP contribution in [-0.4, -0.2) is 68.5 Å². The lowest BCUT2D eigenvalue weighted by Crippen LogP contribution is -2.49. The molecular formula is C24H26N4O4. The number of piperazine rings is 1. The molecule has 8 heteroatoms. The zero-order chi connectivity index (χ0) is 22.5. The Morgan fingerprint density at radius 2 is 1.50 bits per heavy atom. The van der Waals surface area contributed by atoms with Crippen LogP contribution in [0.5, 0.6) is 17.2 Å². The van der Waals surface area contributed by atoms with Gasteiger partial charge in [-0.3, -0.25) is 4.79 Å². The van der Waals surface area contributed by atoms with Crippen LogP contribution in [0.2, 0.25) is 0 Å². The van der Waals surface area contributed by atoms with Gasteiger partial charge in [-0.1, -0.05) is 18.2 Å². The van der Waals surface area contributed by atoms with Crippen molar-refractivity contribution in [3.05, 3.63) is 60.2 Å². The van der Waals surface area contributed by atoms with Crippen molar-refractivity contribution >= 4 is 11.7 Å². The topological polar surface area (TPSA) is 77.0 Å². The van der Waals surface area contributed by atoms with Crippen LogP contribution in [0.1, 0.15) is 10.4 Å². The molecule has 0 saturated carbocycles. The number of aromatic nitrogens is 2. The lowest BCUT2D eigenvalue weighted by Gasteiger charge is -2.35. The minimum atomic E-state index is -0.0987. The third-order valence-corrected chi connectivity index (χ3v) is 5.55. The number of hydrogen-bond acceptors (Lipinski definition) is 7. The number of rotatable bonds is 6. The fourth-order valence-corrected chi connectivity index (χ4v) is 3.79. The fraction of sp³-hybridized carbons (Fsp3) is 0.292. The van der Waals surface area contributed by atoms with Crippen LogP contribution in [0, 0.1) is 0 Å². The van der Waals surface area contributed by atoms with E-state index in [4.69, 9.17) is 14.2 Å². The zero-order valence-corrected chi connectivity index (χ0v) is 18.4. The molecule has 32 heavy (non-hydrogen) atoms. The Bertz CT molecular complexity index is 1060. The van der Waals surface area contributed by atoms with E-state index in [0.29, 0.717) is 43.2 Å². The number of carbonyl (C=O) groups excluding carboxylic acids is 1. The van der Waals surface area contributed by atoms with Crippen LogP contribution in [0.4, 0.5) is 5.82 Å². The number of benzene rings is 2. The van der Waals surface area contributed by atoms with E-state index in [1.165, 1.54) is 0 Å². The van der Waals surface area contributed by atoms with Crippen molar-refractivity contribution in [1.82, 2.24) is 15.1 Å². The number of anilines is 1. The van der Waals surface area contributed by atoms with Crippen LogP contribution in [-0.2, 0) is 0 Å². The highest BCUT2D eigenvalue weighted by Crippen LogP contribution is 2.30. The Morgan fingerprint density at radius 1 is 0.812 bits per heavy atom. The molecule has 0 unspecified atom stereocenters. The summed E-state index contributed by atoms with van der Waals surface area (Å²) in [6, 6.07) is 17.0. The molecule has 0 bridgehead atoms. The highest BCUT2D eigenvalue weighted by Gasteiger charge is 2.27. The van der Waals surface area contributed by atoms with Gasteiger partial charge < -0.3 is 24.0 Å². The largest absolute Gasteiger partial charge is 0.497 e. The van der Waals surface area contributed by atoms with Crippen molar-refractivity contribution in [3.8, 4) is 28.5 Å². The van der Waals surface area contributed by atoms with Gasteiger partial charge in [-0.15, -0.1) is 10.2 Å². The molecule has 166 valence electrons. The quantitative estimate of drug-likeness (QED) is 0.590. The minimum absolute atomic E-state index is 0.0987. The smallest absolute Gasteiger partial charge is 0.261 e. The van der Waals surface area contributed by atoms with Crippen molar-refractivity contribution in [2.75, 3.05) is 52.4 Å². The second kappa shape index (κ2) is 9.55. The third kappa shape index (κ3) is 4.30. The third-order valence-electron chi connectivity index (χ3n) is 5.55. The monoisotopic (exact) mass is 434 g/mol. The van der Waals surface area contributed by atoms with Crippen LogP contribution < -0.4 is 19.1 Å². The molecule has 2 heterocycles. The van der Waals surface area contributed by atoms with Crippen LogP contribution in [0.15, 0.2) is 54.6 Å². The normalized spacial score (nSPS) is 13.6. The molecule has 0 atom stereocenters. The summed E-state index contributed by atoms with van der Waals surface area (Å²) in [6.45, 7) is 2.46. The van der Waals surface area contributed by atoms with Crippen molar-refractivity contribution in [3.63, 3.8) is 0 Å². The number of hydrogen-bond donors (Lipinski definition) is 0. The molecule has 1 amide bonds. The second-order valence-electron chi connectivity index (χ2n) is 7.33. The van der Waals surface area contributed by atoms with E-state index in [2.05, 4.69) is 15.1 Å². The molecule has 8 nitrogen and oxygen atoms in total. The Kier molecular flexibility index (Phi) is 6.39. The average Bonchev–Trinajstić information content (AvgIpc) is 2.88. The maximum atomic E-state index is 13.2. The van der Waals surface area contributed by atoms with E-state index < -0.39 is 0 Å². The average molecular weight is 434 g/mol. The highest BCUT2D eigenvalue weighted by atomic mass is 16.5. The van der Waals surface area contributed by atoms with Gasteiger partial charge in [0.1, 0.15) is 22.8 Å². The molecule has 1 aromatic heterocycles. The zero-order valence-electron chi connectivity index (χ0n) is 18.4. The first-order chi connectivity index (χ1) is 15.6. The summed E-state index contributed by atoms with van der Waals surface area (Å²) in [5.41, 5.74) is 2.18. The predicted molar refractivity (Wildman–Crippen MR) is 122 cm³/mol. The maximum Gasteiger partial charge on any atom is 0.261 e. The highest BCUT2D eigenvalue weighted by molar-refractivity contribution is 5.99. The van der Waals surface area contributed by atoms with Gasteiger partial charge in [-0.2, -0.15) is 0 Å². The van der Waals surface area contributed by atoms with Gasteiger partial charge in [0, 0.05) is 31.7 Å². The summed E-state index contributed by atoms with van der Waals surface area (Å²) >= 11 is 0. The minimum Gasteiger partial charge on any atom is -0.497 e. The molecule has 0 spiro atoms. The van der Waals surface area contributed by atoms with Gasteiger partial charge in [-0.25, -0.2) is 0 Å². The van der Waals surface area contributed by atoms with Crippen LogP contribution in [0.25, 0.3) is 11.3 Å². The van der Waals surface area contributed by atoms with Crippen LogP contribution in [0.3, 0.4) is 0 Å². The Hall–Kier alpha value is -3.81. The first kappa shape index (κ1) is 21.4. The van der Waals surface area contributed by atoms with E-state index in [0.717, 1.165) is 22.8 Å². The molecule has 1 saturated heterocycles. The number of amides is 1. The lowest BCUT2D eigenvalue weighted by molar-refractivity contribution is 0.0739. The lowest BCUT2D eigenvalue weighted by atomic mass is 10.1. The maximum absolute atomic E-state index is 13.2. The summed E-state index contributed by atoms with van der Waals surface area (Å²) in [4.78, 5) is 17.1. The number of methoxy groups -OCH3 is 3. The van der Waals surface area contributed by atoms with Gasteiger partial charge in [0.05, 0.1) is 27.0 Å². The summed E-state index contributed by atoms with van der Waals surface area (Å²) in [6.07, 6.45) is 0. The first-order valence-electron chi connectivity index (χ1n) is 10.4. The summed E-state index contributed by atoms with van der Waals surface area (Å²) in [5, 5.41) is 8.79. The molecule has 1 aliphatic heterocycles. The van der Waals surface area contributed by atoms with Crippen LogP contribution >= 0.6 is 0 Å². The molecule has 1 aliphatic rings. The number of nitrogens with zero attached hydrogens (tertiary/aromatic N) is 4. The van der Waals surface area contributed by atoms with Gasteiger partial charge in [-0.05, 0) is 36.4 Å². The molecule has 0 aliphatic carbocycles. The van der Waals surface area contributed by atoms with E-state index in [1.54, 1.807) is 39.5 Å². The van der Waals surface area contributed by atoms with E-state index in [1.807, 2.05) is 41.3 Å². The van der Waals surface area contributed by atoms with Crippen molar-refractivity contribution in [1.29, 1.82) is 0 Å². The number of ether oxygens (including phenoxy) is 3. The predicted octanol–water partition coefficient (Wildman–Crippen LogP) is 3.13. The Labute approximate surface area is 187 Å². The van der Waals surface area contributed by atoms with E-state index in [-0.39, 0.29) is 5.91 Å². The van der Waals surface area contributed by atoms with Crippen molar-refractivity contribution in [2.24, 2.45) is 0 Å². The number of carbonyl (C=O) groups is 1. The molecule has 3 aromatic rings. The first-order valence-corrected chi connectivity index (χ1v) is 10.4. The van der Waals surface area contributed by atoms with E-state index >= 15 is 0 Å². The van der Waals surface area contributed by atoms with Gasteiger partial charge in [0.15, 0.2) is 5.82 Å². The van der Waals surface area contributed by atoms with Gasteiger partial charge in [0.2, 0.25) is 0 Å². The van der Waals surface area contributed by atoms with Crippen molar-refractivity contribution < 1.29 is 19.0 Å². The molecule has 0 N–H and O–H groups in total. The molecule has 0 radical (unpaired) electrons.